The third kappa shape index (κ3) is 4.96. The molecule has 1 amide bonds. The van der Waals surface area contributed by atoms with Crippen molar-refractivity contribution in [1.82, 2.24) is 5.43 Å². The quantitative estimate of drug-likeness (QED) is 0.567. The molecular formula is C21H27N3O2S. The van der Waals surface area contributed by atoms with Gasteiger partial charge in [-0.2, -0.15) is 5.10 Å². The number of likely N-dealkylation sites (N-methyl/N-ethyl adjacent to an activating group) is 1. The average Bonchev–Trinajstić information content (AvgIpc) is 3.12. The van der Waals surface area contributed by atoms with Crippen molar-refractivity contribution in [1.29, 1.82) is 0 Å². The molecule has 3 rings (SSSR count). The number of carbonyl (C=O) groups is 1. The molecule has 27 heavy (non-hydrogen) atoms. The molecule has 1 aromatic carbocycles. The lowest BCUT2D eigenvalue weighted by Crippen LogP contribution is -2.20. The summed E-state index contributed by atoms with van der Waals surface area (Å²) < 4.78 is 0. The first kappa shape index (κ1) is 19.6. The number of nitrogens with zero attached hydrogens (tertiary/aromatic N) is 2. The minimum absolute atomic E-state index is 0.122. The van der Waals surface area contributed by atoms with Gasteiger partial charge in [-0.1, -0.05) is 25.5 Å². The number of hydrogen-bond acceptors (Lipinski definition) is 5. The topological polar surface area (TPSA) is 64.9 Å². The molecule has 1 aromatic heterocycles. The van der Waals surface area contributed by atoms with E-state index >= 15 is 0 Å². The molecule has 0 aliphatic heterocycles. The molecule has 144 valence electrons. The van der Waals surface area contributed by atoms with Crippen molar-refractivity contribution in [3.63, 3.8) is 0 Å². The summed E-state index contributed by atoms with van der Waals surface area (Å²) >= 11 is 1.60. The number of rotatable bonds is 7. The van der Waals surface area contributed by atoms with E-state index in [1.807, 2.05) is 42.3 Å². The average molecular weight is 386 g/mol. The van der Waals surface area contributed by atoms with Crippen LogP contribution in [-0.4, -0.2) is 37.4 Å². The zero-order chi connectivity index (χ0) is 19.2. The Morgan fingerprint density at radius 1 is 1.41 bits per heavy atom. The Balaban J connectivity index is 1.57. The molecule has 5 nitrogen and oxygen atoms in total. The number of fused-ring (bicyclic) bond motifs is 1. The summed E-state index contributed by atoms with van der Waals surface area (Å²) in [6.45, 7) is 2.95. The third-order valence-electron chi connectivity index (χ3n) is 5.14. The van der Waals surface area contributed by atoms with Crippen LogP contribution in [0, 0.1) is 5.92 Å². The lowest BCUT2D eigenvalue weighted by atomic mass is 9.87. The molecule has 0 bridgehead atoms. The summed E-state index contributed by atoms with van der Waals surface area (Å²) in [5.41, 5.74) is 5.92. The number of amides is 1. The summed E-state index contributed by atoms with van der Waals surface area (Å²) in [7, 11) is 1.93. The van der Waals surface area contributed by atoms with Gasteiger partial charge < -0.3 is 10.0 Å². The van der Waals surface area contributed by atoms with Crippen LogP contribution in [0.25, 0.3) is 0 Å². The van der Waals surface area contributed by atoms with E-state index in [0.29, 0.717) is 6.54 Å². The van der Waals surface area contributed by atoms with E-state index < -0.39 is 0 Å². The first-order valence-corrected chi connectivity index (χ1v) is 10.3. The summed E-state index contributed by atoms with van der Waals surface area (Å²) in [6.07, 6.45) is 6.26. The molecule has 6 heteroatoms. The number of hydrogen-bond donors (Lipinski definition) is 2. The lowest BCUT2D eigenvalue weighted by Gasteiger charge is -2.19. The standard InChI is InChI=1S/C21H27N3O2S/c1-3-15-6-9-19-17(12-15)13-20(27-19)21(26)23-22-14-16-4-7-18(8-5-16)24(2)10-11-25/h4-5,7-8,13-15,25H,3,6,9-12H2,1-2H3,(H,23,26)/b22-14+. The molecule has 2 N–H and O–H groups in total. The van der Waals surface area contributed by atoms with Gasteiger partial charge in [0.15, 0.2) is 0 Å². The van der Waals surface area contributed by atoms with Crippen molar-refractivity contribution in [2.75, 3.05) is 25.1 Å². The highest BCUT2D eigenvalue weighted by Gasteiger charge is 2.21. The summed E-state index contributed by atoms with van der Waals surface area (Å²) in [6, 6.07) is 9.85. The first-order chi connectivity index (χ1) is 13.1. The second-order valence-electron chi connectivity index (χ2n) is 7.01. The Hall–Kier alpha value is -2.18. The third-order valence-corrected chi connectivity index (χ3v) is 6.37. The normalized spacial score (nSPS) is 16.3. The van der Waals surface area contributed by atoms with E-state index in [0.717, 1.165) is 34.9 Å². The lowest BCUT2D eigenvalue weighted by molar-refractivity contribution is 0.0959. The predicted octanol–water partition coefficient (Wildman–Crippen LogP) is 3.46. The van der Waals surface area contributed by atoms with Gasteiger partial charge in [0.2, 0.25) is 0 Å². The minimum atomic E-state index is -0.141. The molecule has 1 heterocycles. The van der Waals surface area contributed by atoms with Gasteiger partial charge in [0, 0.05) is 24.2 Å². The van der Waals surface area contributed by atoms with Crippen LogP contribution in [0.4, 0.5) is 5.69 Å². The van der Waals surface area contributed by atoms with Crippen LogP contribution in [0.1, 0.15) is 45.4 Å². The fraction of sp³-hybridized carbons (Fsp3) is 0.429. The number of benzene rings is 1. The summed E-state index contributed by atoms with van der Waals surface area (Å²) in [5.74, 6) is 0.610. The monoisotopic (exact) mass is 385 g/mol. The maximum Gasteiger partial charge on any atom is 0.281 e. The van der Waals surface area contributed by atoms with Crippen LogP contribution in [0.5, 0.6) is 0 Å². The van der Waals surface area contributed by atoms with Gasteiger partial charge in [0.1, 0.15) is 0 Å². The Morgan fingerprint density at radius 3 is 2.89 bits per heavy atom. The number of hydrazone groups is 1. The van der Waals surface area contributed by atoms with E-state index in [9.17, 15) is 4.79 Å². The highest BCUT2D eigenvalue weighted by atomic mass is 32.1. The highest BCUT2D eigenvalue weighted by Crippen LogP contribution is 2.33. The molecular weight excluding hydrogens is 358 g/mol. The molecule has 1 aliphatic rings. The SMILES string of the molecule is CCC1CCc2sc(C(=O)N/N=C/c3ccc(N(C)CCO)cc3)cc2C1. The first-order valence-electron chi connectivity index (χ1n) is 9.47. The van der Waals surface area contributed by atoms with Crippen LogP contribution in [0.2, 0.25) is 0 Å². The number of nitrogens with one attached hydrogen (secondary N) is 1. The van der Waals surface area contributed by atoms with Gasteiger partial charge in [0.25, 0.3) is 5.91 Å². The molecule has 0 saturated heterocycles. The van der Waals surface area contributed by atoms with E-state index in [4.69, 9.17) is 5.11 Å². The van der Waals surface area contributed by atoms with Crippen LogP contribution in [0.3, 0.4) is 0 Å². The zero-order valence-corrected chi connectivity index (χ0v) is 16.8. The Morgan fingerprint density at radius 2 is 2.19 bits per heavy atom. The number of aliphatic hydroxyl groups excluding tert-OH is 1. The van der Waals surface area contributed by atoms with E-state index in [-0.39, 0.29) is 12.5 Å². The van der Waals surface area contributed by atoms with Crippen molar-refractivity contribution in [2.45, 2.75) is 32.6 Å². The van der Waals surface area contributed by atoms with Gasteiger partial charge in [-0.15, -0.1) is 11.3 Å². The molecule has 0 saturated carbocycles. The van der Waals surface area contributed by atoms with Crippen molar-refractivity contribution in [3.05, 3.63) is 51.2 Å². The minimum Gasteiger partial charge on any atom is -0.395 e. The maximum atomic E-state index is 12.4. The van der Waals surface area contributed by atoms with Crippen LogP contribution >= 0.6 is 11.3 Å². The van der Waals surface area contributed by atoms with Crippen LogP contribution in [0.15, 0.2) is 35.4 Å². The highest BCUT2D eigenvalue weighted by molar-refractivity contribution is 7.14. The van der Waals surface area contributed by atoms with Crippen molar-refractivity contribution < 1.29 is 9.90 Å². The van der Waals surface area contributed by atoms with Crippen molar-refractivity contribution in [3.8, 4) is 0 Å². The van der Waals surface area contributed by atoms with E-state index in [1.165, 1.54) is 23.3 Å². The van der Waals surface area contributed by atoms with Gasteiger partial charge in [-0.3, -0.25) is 4.79 Å². The van der Waals surface area contributed by atoms with Gasteiger partial charge in [-0.25, -0.2) is 5.43 Å². The summed E-state index contributed by atoms with van der Waals surface area (Å²) in [5, 5.41) is 13.1. The van der Waals surface area contributed by atoms with E-state index in [1.54, 1.807) is 17.6 Å². The number of thiophene rings is 1. The maximum absolute atomic E-state index is 12.4. The Kier molecular flexibility index (Phi) is 6.63. The molecule has 1 atom stereocenters. The second kappa shape index (κ2) is 9.15. The van der Waals surface area contributed by atoms with Crippen LogP contribution in [-0.2, 0) is 12.8 Å². The largest absolute Gasteiger partial charge is 0.395 e. The fourth-order valence-electron chi connectivity index (χ4n) is 3.37. The van der Waals surface area contributed by atoms with E-state index in [2.05, 4.69) is 17.5 Å². The smallest absolute Gasteiger partial charge is 0.281 e. The summed E-state index contributed by atoms with van der Waals surface area (Å²) in [4.78, 5) is 16.5. The van der Waals surface area contributed by atoms with Crippen molar-refractivity contribution >= 4 is 29.1 Å². The Labute approximate surface area is 164 Å². The van der Waals surface area contributed by atoms with Crippen LogP contribution < -0.4 is 10.3 Å². The molecule has 0 radical (unpaired) electrons. The molecule has 1 aliphatic carbocycles. The molecule has 2 aromatic rings. The molecule has 0 fully saturated rings. The molecule has 0 spiro atoms. The van der Waals surface area contributed by atoms with Crippen molar-refractivity contribution in [2.24, 2.45) is 11.0 Å². The number of carbonyl (C=O) groups excluding carboxylic acids is 1. The number of anilines is 1. The number of aryl methyl sites for hydroxylation is 1. The Bertz CT molecular complexity index is 798. The predicted molar refractivity (Wildman–Crippen MR) is 112 cm³/mol. The van der Waals surface area contributed by atoms with Gasteiger partial charge in [-0.05, 0) is 54.5 Å². The van der Waals surface area contributed by atoms with Gasteiger partial charge >= 0.3 is 0 Å². The fourth-order valence-corrected chi connectivity index (χ4v) is 4.47. The molecule has 1 unspecified atom stereocenters. The van der Waals surface area contributed by atoms with Gasteiger partial charge in [0.05, 0.1) is 17.7 Å². The zero-order valence-electron chi connectivity index (χ0n) is 15.9. The second-order valence-corrected chi connectivity index (χ2v) is 8.15. The number of aliphatic hydroxyl groups is 1.